The zero-order chi connectivity index (χ0) is 15.5. The summed E-state index contributed by atoms with van der Waals surface area (Å²) in [4.78, 5) is 16.3. The summed E-state index contributed by atoms with van der Waals surface area (Å²) in [7, 11) is 0. The number of nitrogens with zero attached hydrogens (tertiary/aromatic N) is 1. The van der Waals surface area contributed by atoms with Gasteiger partial charge in [-0.3, -0.25) is 9.78 Å². The fourth-order valence-electron chi connectivity index (χ4n) is 2.25. The average molecular weight is 315 g/mol. The number of rotatable bonds is 3. The van der Waals surface area contributed by atoms with Crippen molar-refractivity contribution in [2.75, 3.05) is 5.32 Å². The lowest BCUT2D eigenvalue weighted by atomic mass is 10.1. The van der Waals surface area contributed by atoms with Gasteiger partial charge in [-0.25, -0.2) is 4.39 Å². The van der Waals surface area contributed by atoms with Crippen molar-refractivity contribution in [3.8, 4) is 0 Å². The molecule has 22 heavy (non-hydrogen) atoms. The highest BCUT2D eigenvalue weighted by Crippen LogP contribution is 2.22. The summed E-state index contributed by atoms with van der Waals surface area (Å²) in [6.45, 7) is 0. The van der Waals surface area contributed by atoms with Crippen LogP contribution in [0.2, 0.25) is 5.02 Å². The summed E-state index contributed by atoms with van der Waals surface area (Å²) in [5.41, 5.74) is 1.30. The van der Waals surface area contributed by atoms with Crippen LogP contribution in [-0.2, 0) is 11.2 Å². The molecule has 3 nitrogen and oxygen atoms in total. The average Bonchev–Trinajstić information content (AvgIpc) is 2.51. The number of amides is 1. The van der Waals surface area contributed by atoms with E-state index in [1.165, 1.54) is 12.1 Å². The van der Waals surface area contributed by atoms with Crippen LogP contribution in [0.25, 0.3) is 10.8 Å². The molecule has 0 saturated carbocycles. The van der Waals surface area contributed by atoms with Crippen LogP contribution in [0.1, 0.15) is 5.56 Å². The summed E-state index contributed by atoms with van der Waals surface area (Å²) < 4.78 is 13.1. The molecule has 3 rings (SSSR count). The van der Waals surface area contributed by atoms with Crippen LogP contribution in [0.4, 0.5) is 10.1 Å². The predicted molar refractivity (Wildman–Crippen MR) is 85.5 cm³/mol. The number of pyridine rings is 1. The molecule has 0 aliphatic carbocycles. The fraction of sp³-hybridized carbons (Fsp3) is 0.0588. The number of carbonyl (C=O) groups is 1. The summed E-state index contributed by atoms with van der Waals surface area (Å²) >= 11 is 5.72. The Labute approximate surface area is 131 Å². The molecule has 1 heterocycles. The lowest BCUT2D eigenvalue weighted by Gasteiger charge is -2.08. The Balaban J connectivity index is 1.80. The molecule has 110 valence electrons. The molecule has 2 aromatic carbocycles. The Hall–Kier alpha value is -2.46. The van der Waals surface area contributed by atoms with E-state index in [4.69, 9.17) is 11.6 Å². The van der Waals surface area contributed by atoms with E-state index in [1.54, 1.807) is 18.5 Å². The number of hydrogen-bond acceptors (Lipinski definition) is 2. The van der Waals surface area contributed by atoms with Gasteiger partial charge in [0.05, 0.1) is 23.3 Å². The Morgan fingerprint density at radius 3 is 2.82 bits per heavy atom. The van der Waals surface area contributed by atoms with Crippen LogP contribution in [-0.4, -0.2) is 10.9 Å². The quantitative estimate of drug-likeness (QED) is 0.787. The van der Waals surface area contributed by atoms with E-state index in [9.17, 15) is 9.18 Å². The first-order valence-electron chi connectivity index (χ1n) is 6.70. The van der Waals surface area contributed by atoms with E-state index in [-0.39, 0.29) is 17.4 Å². The molecule has 3 aromatic rings. The third kappa shape index (κ3) is 3.07. The zero-order valence-electron chi connectivity index (χ0n) is 11.5. The van der Waals surface area contributed by atoms with Gasteiger partial charge in [0.15, 0.2) is 0 Å². The normalized spacial score (nSPS) is 10.6. The van der Waals surface area contributed by atoms with E-state index in [0.29, 0.717) is 11.3 Å². The zero-order valence-corrected chi connectivity index (χ0v) is 12.3. The minimum absolute atomic E-state index is 0.0112. The van der Waals surface area contributed by atoms with Crippen molar-refractivity contribution >= 4 is 34.0 Å². The van der Waals surface area contributed by atoms with Crippen LogP contribution >= 0.6 is 11.6 Å². The number of halogens is 2. The van der Waals surface area contributed by atoms with Crippen molar-refractivity contribution in [2.45, 2.75) is 6.42 Å². The minimum atomic E-state index is -0.496. The standard InChI is InChI=1S/C17H12ClFN2O/c18-14-7-11(5-6-15(14)19)8-17(22)21-16-10-20-9-12-3-1-2-4-13(12)16/h1-7,9-10H,8H2,(H,21,22). The second-order valence-electron chi connectivity index (χ2n) is 4.88. The molecule has 0 bridgehead atoms. The van der Waals surface area contributed by atoms with E-state index in [2.05, 4.69) is 10.3 Å². The van der Waals surface area contributed by atoms with Crippen molar-refractivity contribution < 1.29 is 9.18 Å². The first-order chi connectivity index (χ1) is 10.6. The van der Waals surface area contributed by atoms with Gasteiger partial charge in [-0.05, 0) is 17.7 Å². The van der Waals surface area contributed by atoms with Crippen molar-refractivity contribution in [3.05, 3.63) is 71.3 Å². The molecule has 0 aliphatic rings. The van der Waals surface area contributed by atoms with Gasteiger partial charge in [0.1, 0.15) is 5.82 Å². The molecular formula is C17H12ClFN2O. The Morgan fingerprint density at radius 1 is 1.18 bits per heavy atom. The first-order valence-corrected chi connectivity index (χ1v) is 7.08. The Morgan fingerprint density at radius 2 is 2.00 bits per heavy atom. The van der Waals surface area contributed by atoms with Gasteiger partial charge < -0.3 is 5.32 Å². The molecule has 0 atom stereocenters. The summed E-state index contributed by atoms with van der Waals surface area (Å²) in [6.07, 6.45) is 3.46. The van der Waals surface area contributed by atoms with E-state index in [0.717, 1.165) is 10.8 Å². The number of anilines is 1. The first kappa shape index (κ1) is 14.5. The lowest BCUT2D eigenvalue weighted by Crippen LogP contribution is -2.14. The fourth-order valence-corrected chi connectivity index (χ4v) is 2.45. The molecule has 0 saturated heterocycles. The molecule has 1 amide bonds. The van der Waals surface area contributed by atoms with Crippen LogP contribution in [0.5, 0.6) is 0 Å². The van der Waals surface area contributed by atoms with Crippen molar-refractivity contribution in [1.29, 1.82) is 0 Å². The van der Waals surface area contributed by atoms with Crippen LogP contribution < -0.4 is 5.32 Å². The molecule has 1 N–H and O–H groups in total. The van der Waals surface area contributed by atoms with Gasteiger partial charge in [0, 0.05) is 17.0 Å². The van der Waals surface area contributed by atoms with Gasteiger partial charge in [-0.15, -0.1) is 0 Å². The van der Waals surface area contributed by atoms with E-state index in [1.807, 2.05) is 24.3 Å². The molecular weight excluding hydrogens is 303 g/mol. The molecule has 0 radical (unpaired) electrons. The van der Waals surface area contributed by atoms with E-state index < -0.39 is 5.82 Å². The molecule has 0 aliphatic heterocycles. The molecule has 0 fully saturated rings. The number of benzene rings is 2. The molecule has 1 aromatic heterocycles. The predicted octanol–water partition coefficient (Wildman–Crippen LogP) is 4.21. The summed E-state index contributed by atoms with van der Waals surface area (Å²) in [5, 5.41) is 4.71. The molecule has 0 unspecified atom stereocenters. The highest BCUT2D eigenvalue weighted by Gasteiger charge is 2.09. The van der Waals surface area contributed by atoms with Gasteiger partial charge >= 0.3 is 0 Å². The van der Waals surface area contributed by atoms with Crippen LogP contribution in [0.3, 0.4) is 0 Å². The minimum Gasteiger partial charge on any atom is -0.324 e. The number of carbonyl (C=O) groups excluding carboxylic acids is 1. The maximum Gasteiger partial charge on any atom is 0.228 e. The smallest absolute Gasteiger partial charge is 0.228 e. The van der Waals surface area contributed by atoms with Gasteiger partial charge in [-0.2, -0.15) is 0 Å². The SMILES string of the molecule is O=C(Cc1ccc(F)c(Cl)c1)Nc1cncc2ccccc12. The third-order valence-electron chi connectivity index (χ3n) is 3.29. The largest absolute Gasteiger partial charge is 0.324 e. The van der Waals surface area contributed by atoms with E-state index >= 15 is 0 Å². The van der Waals surface area contributed by atoms with Gasteiger partial charge in [0.2, 0.25) is 5.91 Å². The van der Waals surface area contributed by atoms with Gasteiger partial charge in [-0.1, -0.05) is 41.9 Å². The summed E-state index contributed by atoms with van der Waals surface area (Å²) in [6, 6.07) is 11.9. The van der Waals surface area contributed by atoms with Crippen molar-refractivity contribution in [3.63, 3.8) is 0 Å². The monoisotopic (exact) mass is 314 g/mol. The second kappa shape index (κ2) is 6.12. The highest BCUT2D eigenvalue weighted by molar-refractivity contribution is 6.30. The number of nitrogens with one attached hydrogen (secondary N) is 1. The Kier molecular flexibility index (Phi) is 4.02. The summed E-state index contributed by atoms with van der Waals surface area (Å²) in [5.74, 6) is -0.704. The van der Waals surface area contributed by atoms with Gasteiger partial charge in [0.25, 0.3) is 0 Å². The third-order valence-corrected chi connectivity index (χ3v) is 3.58. The topological polar surface area (TPSA) is 42.0 Å². The maximum absolute atomic E-state index is 13.1. The molecule has 5 heteroatoms. The highest BCUT2D eigenvalue weighted by atomic mass is 35.5. The number of fused-ring (bicyclic) bond motifs is 1. The van der Waals surface area contributed by atoms with Crippen molar-refractivity contribution in [1.82, 2.24) is 4.98 Å². The second-order valence-corrected chi connectivity index (χ2v) is 5.29. The molecule has 0 spiro atoms. The van der Waals surface area contributed by atoms with Crippen molar-refractivity contribution in [2.24, 2.45) is 0 Å². The number of hydrogen-bond donors (Lipinski definition) is 1. The Bertz CT molecular complexity index is 846. The maximum atomic E-state index is 13.1. The lowest BCUT2D eigenvalue weighted by molar-refractivity contribution is -0.115. The van der Waals surface area contributed by atoms with Crippen LogP contribution in [0, 0.1) is 5.82 Å². The van der Waals surface area contributed by atoms with Crippen LogP contribution in [0.15, 0.2) is 54.9 Å². The number of aromatic nitrogens is 1.